The smallest absolute Gasteiger partial charge is 0.273 e. The highest BCUT2D eigenvalue weighted by atomic mass is 35.5. The molecule has 3 atom stereocenters. The molecule has 0 saturated carbocycles. The molecule has 32 heavy (non-hydrogen) atoms. The SMILES string of the molecule is C[C@H]1C[C@@]2(CCN1C/C(N)=C/N(N)CC(C)(C)CO)OC[C@](O)(C(F)F)c1cc(Cl)sc12. The van der Waals surface area contributed by atoms with Crippen LogP contribution < -0.4 is 11.6 Å². The van der Waals surface area contributed by atoms with Crippen molar-refractivity contribution in [3.63, 3.8) is 0 Å². The molecule has 0 amide bonds. The summed E-state index contributed by atoms with van der Waals surface area (Å²) in [5, 5.41) is 21.4. The molecule has 6 N–H and O–H groups in total. The van der Waals surface area contributed by atoms with Gasteiger partial charge in [-0.15, -0.1) is 11.3 Å². The van der Waals surface area contributed by atoms with Crippen LogP contribution >= 0.6 is 22.9 Å². The number of aliphatic hydroxyl groups is 2. The van der Waals surface area contributed by atoms with Gasteiger partial charge in [0.25, 0.3) is 6.43 Å². The molecular formula is C21H33ClF2N4O3S. The van der Waals surface area contributed by atoms with Gasteiger partial charge in [-0.25, -0.2) is 14.6 Å². The first-order chi connectivity index (χ1) is 14.8. The minimum atomic E-state index is -2.97. The summed E-state index contributed by atoms with van der Waals surface area (Å²) in [6, 6.07) is 1.49. The molecule has 11 heteroatoms. The van der Waals surface area contributed by atoms with E-state index in [1.54, 1.807) is 6.20 Å². The highest BCUT2D eigenvalue weighted by Gasteiger charge is 2.54. The van der Waals surface area contributed by atoms with Crippen molar-refractivity contribution >= 4 is 22.9 Å². The second-order valence-corrected chi connectivity index (χ2v) is 11.5. The molecule has 0 aromatic carbocycles. The summed E-state index contributed by atoms with van der Waals surface area (Å²) in [6.07, 6.45) is -0.169. The molecule has 1 aromatic heterocycles. The Morgan fingerprint density at radius 1 is 1.53 bits per heavy atom. The zero-order valence-electron chi connectivity index (χ0n) is 18.7. The topological polar surface area (TPSA) is 108 Å². The Kier molecular flexibility index (Phi) is 7.46. The van der Waals surface area contributed by atoms with Gasteiger partial charge < -0.3 is 25.7 Å². The number of aliphatic hydroxyl groups excluding tert-OH is 1. The van der Waals surface area contributed by atoms with Crippen molar-refractivity contribution < 1.29 is 23.7 Å². The van der Waals surface area contributed by atoms with Gasteiger partial charge in [-0.05, 0) is 25.8 Å². The first kappa shape index (κ1) is 25.6. The van der Waals surface area contributed by atoms with Crippen molar-refractivity contribution in [2.75, 3.05) is 32.8 Å². The summed E-state index contributed by atoms with van der Waals surface area (Å²) in [6.45, 7) is 6.97. The Bertz CT molecular complexity index is 855. The molecule has 182 valence electrons. The van der Waals surface area contributed by atoms with Crippen molar-refractivity contribution in [2.24, 2.45) is 17.0 Å². The van der Waals surface area contributed by atoms with Crippen LogP contribution in [0.25, 0.3) is 0 Å². The zero-order valence-corrected chi connectivity index (χ0v) is 20.2. The molecule has 0 bridgehead atoms. The normalized spacial score (nSPS) is 29.6. The van der Waals surface area contributed by atoms with E-state index in [1.165, 1.54) is 22.4 Å². The number of ether oxygens (including phenoxy) is 1. The third-order valence-corrected chi connectivity index (χ3v) is 7.77. The van der Waals surface area contributed by atoms with Crippen molar-refractivity contribution in [1.82, 2.24) is 9.91 Å². The number of alkyl halides is 2. The molecule has 0 aliphatic carbocycles. The second-order valence-electron chi connectivity index (χ2n) is 9.77. The van der Waals surface area contributed by atoms with Gasteiger partial charge in [-0.3, -0.25) is 4.90 Å². The van der Waals surface area contributed by atoms with Crippen molar-refractivity contribution in [1.29, 1.82) is 0 Å². The van der Waals surface area contributed by atoms with E-state index in [0.717, 1.165) is 0 Å². The number of rotatable bonds is 7. The van der Waals surface area contributed by atoms with E-state index in [4.69, 9.17) is 27.9 Å². The lowest BCUT2D eigenvalue weighted by atomic mass is 9.78. The largest absolute Gasteiger partial charge is 0.400 e. The molecule has 0 radical (unpaired) electrons. The highest BCUT2D eigenvalue weighted by molar-refractivity contribution is 7.16. The van der Waals surface area contributed by atoms with Crippen LogP contribution in [0, 0.1) is 5.41 Å². The predicted octanol–water partition coefficient (Wildman–Crippen LogP) is 2.56. The van der Waals surface area contributed by atoms with Crippen LogP contribution in [0.5, 0.6) is 0 Å². The van der Waals surface area contributed by atoms with E-state index in [0.29, 0.717) is 47.4 Å². The van der Waals surface area contributed by atoms with Crippen LogP contribution in [-0.2, 0) is 15.9 Å². The molecule has 7 nitrogen and oxygen atoms in total. The maximum Gasteiger partial charge on any atom is 0.273 e. The second kappa shape index (κ2) is 9.32. The number of nitrogens with two attached hydrogens (primary N) is 2. The van der Waals surface area contributed by atoms with Gasteiger partial charge in [0.1, 0.15) is 5.60 Å². The maximum atomic E-state index is 13.6. The van der Waals surface area contributed by atoms with E-state index < -0.39 is 24.2 Å². The molecule has 1 fully saturated rings. The van der Waals surface area contributed by atoms with Gasteiger partial charge in [0.05, 0.1) is 10.9 Å². The summed E-state index contributed by atoms with van der Waals surface area (Å²) in [4.78, 5) is 2.78. The molecule has 1 aromatic rings. The van der Waals surface area contributed by atoms with Crippen molar-refractivity contribution in [3.8, 4) is 0 Å². The van der Waals surface area contributed by atoms with E-state index >= 15 is 0 Å². The molecule has 2 aliphatic heterocycles. The van der Waals surface area contributed by atoms with Crippen LogP contribution in [0.1, 0.15) is 44.1 Å². The van der Waals surface area contributed by atoms with Crippen LogP contribution in [0.15, 0.2) is 18.0 Å². The van der Waals surface area contributed by atoms with Crippen LogP contribution in [-0.4, -0.2) is 65.4 Å². The minimum Gasteiger partial charge on any atom is -0.400 e. The van der Waals surface area contributed by atoms with Gasteiger partial charge in [-0.2, -0.15) is 0 Å². The predicted molar refractivity (Wildman–Crippen MR) is 121 cm³/mol. The fraction of sp³-hybridized carbons (Fsp3) is 0.714. The number of piperidine rings is 1. The van der Waals surface area contributed by atoms with Crippen molar-refractivity contribution in [2.45, 2.75) is 57.3 Å². The van der Waals surface area contributed by atoms with Crippen molar-refractivity contribution in [3.05, 3.63) is 32.7 Å². The first-order valence-corrected chi connectivity index (χ1v) is 11.8. The number of nitrogens with zero attached hydrogens (tertiary/aromatic N) is 2. The number of likely N-dealkylation sites (tertiary alicyclic amines) is 1. The lowest BCUT2D eigenvalue weighted by Gasteiger charge is -2.49. The Balaban J connectivity index is 1.72. The molecular weight excluding hydrogens is 462 g/mol. The average Bonchev–Trinajstić information content (AvgIpc) is 3.10. The zero-order chi connectivity index (χ0) is 23.9. The number of hydrogen-bond donors (Lipinski definition) is 4. The van der Waals surface area contributed by atoms with Gasteiger partial charge in [-0.1, -0.05) is 25.4 Å². The third kappa shape index (κ3) is 5.06. The summed E-state index contributed by atoms with van der Waals surface area (Å²) in [7, 11) is 0. The van der Waals surface area contributed by atoms with E-state index in [2.05, 4.69) is 4.90 Å². The van der Waals surface area contributed by atoms with Gasteiger partial charge in [0, 0.05) is 60.0 Å². The molecule has 3 rings (SSSR count). The molecule has 0 unspecified atom stereocenters. The lowest BCUT2D eigenvalue weighted by Crippen LogP contribution is -2.55. The molecule has 1 saturated heterocycles. The number of fused-ring (bicyclic) bond motifs is 2. The Morgan fingerprint density at radius 2 is 2.22 bits per heavy atom. The number of hydrazine groups is 1. The van der Waals surface area contributed by atoms with Gasteiger partial charge >= 0.3 is 0 Å². The number of hydrogen-bond acceptors (Lipinski definition) is 8. The standard InChI is InChI=1S/C21H33ClF2N4O3S/c1-13-7-20(17-15(6-16(22)32-17)21(30,12-31-20)18(23)24)4-5-27(13)8-14(25)9-28(26)10-19(2,3)11-29/h6,9,13,18,29-30H,4-5,7-8,10-12,25-26H2,1-3H3/b14-9-/t13-,20+,21+/m0/s1. The van der Waals surface area contributed by atoms with Crippen LogP contribution in [0.4, 0.5) is 8.78 Å². The fourth-order valence-electron chi connectivity index (χ4n) is 4.50. The quantitative estimate of drug-likeness (QED) is 0.341. The molecule has 3 heterocycles. The summed E-state index contributed by atoms with van der Waals surface area (Å²) >= 11 is 7.36. The Labute approximate surface area is 196 Å². The van der Waals surface area contributed by atoms with E-state index in [1.807, 2.05) is 20.8 Å². The van der Waals surface area contributed by atoms with Crippen LogP contribution in [0.3, 0.4) is 0 Å². The first-order valence-electron chi connectivity index (χ1n) is 10.6. The number of halogens is 3. The fourth-order valence-corrected chi connectivity index (χ4v) is 5.98. The average molecular weight is 495 g/mol. The van der Waals surface area contributed by atoms with Gasteiger partial charge in [0.15, 0.2) is 5.60 Å². The van der Waals surface area contributed by atoms with E-state index in [-0.39, 0.29) is 23.6 Å². The summed E-state index contributed by atoms with van der Waals surface area (Å²) < 4.78 is 33.6. The van der Waals surface area contributed by atoms with Crippen LogP contribution in [0.2, 0.25) is 4.34 Å². The highest BCUT2D eigenvalue weighted by Crippen LogP contribution is 2.53. The van der Waals surface area contributed by atoms with Gasteiger partial charge in [0.2, 0.25) is 0 Å². The third-order valence-electron chi connectivity index (χ3n) is 6.32. The number of thiophene rings is 1. The monoisotopic (exact) mass is 494 g/mol. The molecule has 1 spiro atoms. The minimum absolute atomic E-state index is 0.00902. The molecule has 2 aliphatic rings. The Hall–Kier alpha value is -1.01. The maximum absolute atomic E-state index is 13.6. The lowest BCUT2D eigenvalue weighted by molar-refractivity contribution is -0.209. The Morgan fingerprint density at radius 3 is 2.81 bits per heavy atom. The van der Waals surface area contributed by atoms with E-state index in [9.17, 15) is 19.0 Å². The summed E-state index contributed by atoms with van der Waals surface area (Å²) in [5.41, 5.74) is 3.53. The summed E-state index contributed by atoms with van der Waals surface area (Å²) in [5.74, 6) is 6.02.